The number of rotatable bonds is 5. The van der Waals surface area contributed by atoms with E-state index < -0.39 is 0 Å². The first kappa shape index (κ1) is 16.9. The lowest BCUT2D eigenvalue weighted by atomic mass is 10.1. The Balaban J connectivity index is 2.01. The van der Waals surface area contributed by atoms with E-state index in [9.17, 15) is 0 Å². The number of aromatic nitrogens is 3. The van der Waals surface area contributed by atoms with Gasteiger partial charge < -0.3 is 10.6 Å². The van der Waals surface area contributed by atoms with Gasteiger partial charge in [-0.3, -0.25) is 4.98 Å². The molecule has 0 amide bonds. The van der Waals surface area contributed by atoms with Gasteiger partial charge in [0.05, 0.1) is 5.69 Å². The Morgan fingerprint density at radius 2 is 1.68 bits per heavy atom. The third kappa shape index (κ3) is 4.32. The van der Waals surface area contributed by atoms with Crippen LogP contribution in [0.3, 0.4) is 0 Å². The molecule has 2 heterocycles. The van der Waals surface area contributed by atoms with Crippen LogP contribution in [0.15, 0.2) is 48.8 Å². The quantitative estimate of drug-likeness (QED) is 0.707. The maximum absolute atomic E-state index is 4.64. The zero-order chi connectivity index (χ0) is 17.8. The molecule has 0 radical (unpaired) electrons. The molecule has 0 saturated heterocycles. The average Bonchev–Trinajstić information content (AvgIpc) is 2.58. The van der Waals surface area contributed by atoms with E-state index in [2.05, 4.69) is 71.5 Å². The first-order valence-electron chi connectivity index (χ1n) is 8.41. The second kappa shape index (κ2) is 7.30. The second-order valence-corrected chi connectivity index (χ2v) is 6.44. The van der Waals surface area contributed by atoms with E-state index in [1.165, 1.54) is 11.1 Å². The monoisotopic (exact) mass is 333 g/mol. The fourth-order valence-electron chi connectivity index (χ4n) is 2.51. The fourth-order valence-corrected chi connectivity index (χ4v) is 2.51. The smallest absolute Gasteiger partial charge is 0.225 e. The summed E-state index contributed by atoms with van der Waals surface area (Å²) in [6, 6.07) is 12.4. The lowest BCUT2D eigenvalue weighted by molar-refractivity contribution is 0.876. The SMILES string of the molecule is Cc1ccc(C)c(Nc2cc(-c3ccncc3)nc(NC(C)C)n2)c1. The second-order valence-electron chi connectivity index (χ2n) is 6.44. The van der Waals surface area contributed by atoms with Gasteiger partial charge in [-0.05, 0) is 57.0 Å². The van der Waals surface area contributed by atoms with Gasteiger partial charge in [0.15, 0.2) is 0 Å². The van der Waals surface area contributed by atoms with Gasteiger partial charge in [0.2, 0.25) is 5.95 Å². The summed E-state index contributed by atoms with van der Waals surface area (Å²) in [4.78, 5) is 13.3. The maximum Gasteiger partial charge on any atom is 0.225 e. The van der Waals surface area contributed by atoms with Crippen molar-refractivity contribution < 1.29 is 0 Å². The molecule has 0 aliphatic heterocycles. The molecule has 0 aliphatic carbocycles. The van der Waals surface area contributed by atoms with Crippen LogP contribution in [-0.4, -0.2) is 21.0 Å². The molecule has 5 heteroatoms. The molecule has 2 aromatic heterocycles. The summed E-state index contributed by atoms with van der Waals surface area (Å²) in [7, 11) is 0. The van der Waals surface area contributed by atoms with Crippen molar-refractivity contribution in [2.24, 2.45) is 0 Å². The highest BCUT2D eigenvalue weighted by molar-refractivity contribution is 5.68. The van der Waals surface area contributed by atoms with Crippen LogP contribution in [0.5, 0.6) is 0 Å². The largest absolute Gasteiger partial charge is 0.352 e. The Morgan fingerprint density at radius 1 is 0.920 bits per heavy atom. The number of hydrogen-bond acceptors (Lipinski definition) is 5. The third-order valence-corrected chi connectivity index (χ3v) is 3.78. The Morgan fingerprint density at radius 3 is 2.40 bits per heavy atom. The van der Waals surface area contributed by atoms with Gasteiger partial charge in [-0.2, -0.15) is 4.98 Å². The van der Waals surface area contributed by atoms with Crippen LogP contribution < -0.4 is 10.6 Å². The number of hydrogen-bond donors (Lipinski definition) is 2. The van der Waals surface area contributed by atoms with E-state index in [1.54, 1.807) is 12.4 Å². The topological polar surface area (TPSA) is 62.7 Å². The minimum absolute atomic E-state index is 0.251. The van der Waals surface area contributed by atoms with E-state index in [1.807, 2.05) is 18.2 Å². The predicted octanol–water partition coefficient (Wildman–Crippen LogP) is 4.72. The lowest BCUT2D eigenvalue weighted by Gasteiger charge is -2.14. The molecule has 5 nitrogen and oxygen atoms in total. The van der Waals surface area contributed by atoms with Gasteiger partial charge in [0.1, 0.15) is 5.82 Å². The first-order valence-corrected chi connectivity index (χ1v) is 8.41. The zero-order valence-corrected chi connectivity index (χ0v) is 15.0. The highest BCUT2D eigenvalue weighted by atomic mass is 15.2. The summed E-state index contributed by atoms with van der Waals surface area (Å²) in [5.41, 5.74) is 5.29. The van der Waals surface area contributed by atoms with Crippen molar-refractivity contribution in [2.45, 2.75) is 33.7 Å². The fraction of sp³-hybridized carbons (Fsp3) is 0.250. The number of aryl methyl sites for hydroxylation is 2. The molecule has 2 N–H and O–H groups in total. The van der Waals surface area contributed by atoms with E-state index in [0.717, 1.165) is 22.8 Å². The number of nitrogens with one attached hydrogen (secondary N) is 2. The molecule has 0 aliphatic rings. The molecule has 25 heavy (non-hydrogen) atoms. The van der Waals surface area contributed by atoms with Crippen LogP contribution in [0.2, 0.25) is 0 Å². The summed E-state index contributed by atoms with van der Waals surface area (Å²) >= 11 is 0. The highest BCUT2D eigenvalue weighted by Crippen LogP contribution is 2.25. The van der Waals surface area contributed by atoms with E-state index in [-0.39, 0.29) is 6.04 Å². The van der Waals surface area contributed by atoms with E-state index >= 15 is 0 Å². The van der Waals surface area contributed by atoms with Gasteiger partial charge in [0, 0.05) is 35.8 Å². The Kier molecular flexibility index (Phi) is 4.93. The maximum atomic E-state index is 4.64. The molecular weight excluding hydrogens is 310 g/mol. The van der Waals surface area contributed by atoms with Gasteiger partial charge in [-0.15, -0.1) is 0 Å². The Hall–Kier alpha value is -2.95. The molecule has 3 rings (SSSR count). The predicted molar refractivity (Wildman–Crippen MR) is 103 cm³/mol. The summed E-state index contributed by atoms with van der Waals surface area (Å²) in [5.74, 6) is 1.37. The minimum Gasteiger partial charge on any atom is -0.352 e. The van der Waals surface area contributed by atoms with Gasteiger partial charge in [-0.1, -0.05) is 12.1 Å². The summed E-state index contributed by atoms with van der Waals surface area (Å²) in [6.45, 7) is 8.30. The highest BCUT2D eigenvalue weighted by Gasteiger charge is 2.09. The van der Waals surface area contributed by atoms with Gasteiger partial charge in [-0.25, -0.2) is 4.98 Å². The van der Waals surface area contributed by atoms with Crippen LogP contribution in [0.1, 0.15) is 25.0 Å². The van der Waals surface area contributed by atoms with Crippen LogP contribution in [0.4, 0.5) is 17.5 Å². The van der Waals surface area contributed by atoms with Crippen molar-refractivity contribution in [2.75, 3.05) is 10.6 Å². The molecule has 3 aromatic rings. The third-order valence-electron chi connectivity index (χ3n) is 3.78. The van der Waals surface area contributed by atoms with Crippen molar-refractivity contribution in [1.82, 2.24) is 15.0 Å². The molecular formula is C20H23N5. The van der Waals surface area contributed by atoms with Crippen molar-refractivity contribution >= 4 is 17.5 Å². The van der Waals surface area contributed by atoms with Crippen LogP contribution in [-0.2, 0) is 0 Å². The number of nitrogens with zero attached hydrogens (tertiary/aromatic N) is 3. The van der Waals surface area contributed by atoms with Gasteiger partial charge >= 0.3 is 0 Å². The van der Waals surface area contributed by atoms with Crippen molar-refractivity contribution in [3.8, 4) is 11.3 Å². The summed E-state index contributed by atoms with van der Waals surface area (Å²) < 4.78 is 0. The average molecular weight is 333 g/mol. The molecule has 0 bridgehead atoms. The first-order chi connectivity index (χ1) is 12.0. The normalized spacial score (nSPS) is 10.8. The molecule has 0 fully saturated rings. The van der Waals surface area contributed by atoms with Crippen LogP contribution >= 0.6 is 0 Å². The summed E-state index contributed by atoms with van der Waals surface area (Å²) in [6.07, 6.45) is 3.54. The van der Waals surface area contributed by atoms with Crippen molar-refractivity contribution in [3.05, 3.63) is 59.9 Å². The van der Waals surface area contributed by atoms with E-state index in [0.29, 0.717) is 5.95 Å². The minimum atomic E-state index is 0.251. The summed E-state index contributed by atoms with van der Waals surface area (Å²) in [5, 5.41) is 6.72. The van der Waals surface area contributed by atoms with Crippen molar-refractivity contribution in [1.29, 1.82) is 0 Å². The van der Waals surface area contributed by atoms with Crippen LogP contribution in [0, 0.1) is 13.8 Å². The van der Waals surface area contributed by atoms with Crippen molar-refractivity contribution in [3.63, 3.8) is 0 Å². The molecule has 0 saturated carbocycles. The van der Waals surface area contributed by atoms with Gasteiger partial charge in [0.25, 0.3) is 0 Å². The molecule has 1 aromatic carbocycles. The molecule has 0 unspecified atom stereocenters. The Bertz CT molecular complexity index is 859. The van der Waals surface area contributed by atoms with Crippen LogP contribution in [0.25, 0.3) is 11.3 Å². The Labute approximate surface area is 148 Å². The zero-order valence-electron chi connectivity index (χ0n) is 15.0. The lowest BCUT2D eigenvalue weighted by Crippen LogP contribution is -2.13. The molecule has 0 spiro atoms. The molecule has 128 valence electrons. The number of benzene rings is 1. The number of anilines is 3. The molecule has 0 atom stereocenters. The van der Waals surface area contributed by atoms with E-state index in [4.69, 9.17) is 0 Å². The standard InChI is InChI=1S/C20H23N5/c1-13(2)22-20-24-18(16-7-9-21-10-8-16)12-19(25-20)23-17-11-14(3)5-6-15(17)4/h5-13H,1-4H3,(H2,22,23,24,25). The number of pyridine rings is 1.